The van der Waals surface area contributed by atoms with Crippen molar-refractivity contribution in [2.45, 2.75) is 19.9 Å². The zero-order valence-electron chi connectivity index (χ0n) is 16.8. The topological polar surface area (TPSA) is 81.2 Å². The summed E-state index contributed by atoms with van der Waals surface area (Å²) in [5.74, 6) is -1.17. The first-order valence-electron chi connectivity index (χ1n) is 9.68. The van der Waals surface area contributed by atoms with Gasteiger partial charge in [-0.05, 0) is 36.6 Å². The molecule has 1 N–H and O–H groups in total. The van der Waals surface area contributed by atoms with Gasteiger partial charge in [-0.3, -0.25) is 19.3 Å². The van der Waals surface area contributed by atoms with Crippen LogP contribution < -0.4 is 4.90 Å². The molecule has 0 spiro atoms. The number of hydrogen-bond donors (Lipinski definition) is 1. The van der Waals surface area contributed by atoms with Gasteiger partial charge in [0.2, 0.25) is 5.91 Å². The highest BCUT2D eigenvalue weighted by Crippen LogP contribution is 2.41. The molecule has 7 nitrogen and oxygen atoms in total. The summed E-state index contributed by atoms with van der Waals surface area (Å²) in [6.45, 7) is 2.18. The van der Waals surface area contributed by atoms with Crippen LogP contribution >= 0.6 is 11.3 Å². The van der Waals surface area contributed by atoms with E-state index in [-0.39, 0.29) is 43.0 Å². The molecule has 0 fully saturated rings. The van der Waals surface area contributed by atoms with Crippen molar-refractivity contribution < 1.29 is 23.9 Å². The number of fused-ring (bicyclic) bond motifs is 3. The zero-order chi connectivity index (χ0) is 21.6. The Kier molecular flexibility index (Phi) is 5.33. The maximum Gasteiger partial charge on any atom is 0.257 e. The van der Waals surface area contributed by atoms with Gasteiger partial charge in [0.1, 0.15) is 17.4 Å². The molecule has 2 aromatic rings. The Hall–Kier alpha value is -2.78. The summed E-state index contributed by atoms with van der Waals surface area (Å²) in [6, 6.07) is 4.44. The number of rotatable bonds is 3. The van der Waals surface area contributed by atoms with Crippen molar-refractivity contribution in [3.8, 4) is 0 Å². The number of aliphatic hydroxyl groups excluding tert-OH is 1. The number of aryl methyl sites for hydroxylation is 1. The van der Waals surface area contributed by atoms with Crippen LogP contribution in [0.3, 0.4) is 0 Å². The van der Waals surface area contributed by atoms with E-state index in [1.165, 1.54) is 27.2 Å². The van der Waals surface area contributed by atoms with E-state index in [0.717, 1.165) is 10.4 Å². The number of anilines is 1. The number of likely N-dealkylation sites (N-methyl/N-ethyl adjacent to an activating group) is 1. The molecule has 30 heavy (non-hydrogen) atoms. The summed E-state index contributed by atoms with van der Waals surface area (Å²) in [5.41, 5.74) is 2.10. The highest BCUT2D eigenvalue weighted by Gasteiger charge is 2.37. The number of halogens is 1. The van der Waals surface area contributed by atoms with Crippen LogP contribution in [0.5, 0.6) is 0 Å². The van der Waals surface area contributed by atoms with E-state index in [1.807, 2.05) is 0 Å². The average molecular weight is 431 g/mol. The average Bonchev–Trinajstić information content (AvgIpc) is 3.07. The van der Waals surface area contributed by atoms with E-state index in [2.05, 4.69) is 0 Å². The predicted octanol–water partition coefficient (Wildman–Crippen LogP) is 1.81. The predicted molar refractivity (Wildman–Crippen MR) is 110 cm³/mol. The summed E-state index contributed by atoms with van der Waals surface area (Å²) >= 11 is 1.31. The van der Waals surface area contributed by atoms with Crippen LogP contribution in [-0.4, -0.2) is 65.9 Å². The third-order valence-electron chi connectivity index (χ3n) is 5.55. The first-order valence-corrected chi connectivity index (χ1v) is 10.5. The molecule has 0 unspecified atom stereocenters. The molecule has 3 amide bonds. The Morgan fingerprint density at radius 1 is 1.27 bits per heavy atom. The Balaban J connectivity index is 1.68. The number of hydrogen-bond acceptors (Lipinski definition) is 5. The number of thiophene rings is 1. The molecule has 2 aliphatic rings. The lowest BCUT2D eigenvalue weighted by Gasteiger charge is -2.27. The highest BCUT2D eigenvalue weighted by atomic mass is 32.1. The summed E-state index contributed by atoms with van der Waals surface area (Å²) in [5, 5.41) is 9.93. The lowest BCUT2D eigenvalue weighted by Crippen LogP contribution is -2.39. The van der Waals surface area contributed by atoms with Crippen LogP contribution in [0.25, 0.3) is 0 Å². The van der Waals surface area contributed by atoms with Gasteiger partial charge in [0.25, 0.3) is 11.8 Å². The van der Waals surface area contributed by atoms with Crippen molar-refractivity contribution in [2.24, 2.45) is 0 Å². The summed E-state index contributed by atoms with van der Waals surface area (Å²) in [4.78, 5) is 43.7. The molecule has 0 saturated carbocycles. The van der Waals surface area contributed by atoms with Crippen molar-refractivity contribution in [1.82, 2.24) is 9.80 Å². The van der Waals surface area contributed by atoms with E-state index in [0.29, 0.717) is 35.6 Å². The van der Waals surface area contributed by atoms with Crippen LogP contribution in [-0.2, 0) is 17.8 Å². The second-order valence-electron chi connectivity index (χ2n) is 7.55. The fraction of sp³-hybridized carbons (Fsp3) is 0.381. The lowest BCUT2D eigenvalue weighted by atomic mass is 10.0. The number of β-amino-alcohol motifs (C(OH)–C–C–N with tert-alkyl or cyclic N) is 1. The molecule has 1 aromatic carbocycles. The number of benzene rings is 1. The van der Waals surface area contributed by atoms with Crippen LogP contribution in [0.2, 0.25) is 0 Å². The zero-order valence-corrected chi connectivity index (χ0v) is 17.6. The quantitative estimate of drug-likeness (QED) is 0.804. The van der Waals surface area contributed by atoms with E-state index in [4.69, 9.17) is 0 Å². The molecule has 4 rings (SSSR count). The second-order valence-corrected chi connectivity index (χ2v) is 8.64. The van der Waals surface area contributed by atoms with Gasteiger partial charge in [-0.2, -0.15) is 0 Å². The van der Waals surface area contributed by atoms with Crippen molar-refractivity contribution in [3.63, 3.8) is 0 Å². The van der Waals surface area contributed by atoms with Crippen LogP contribution in [0.15, 0.2) is 18.2 Å². The second kappa shape index (κ2) is 7.81. The molecule has 1 aromatic heterocycles. The van der Waals surface area contributed by atoms with Gasteiger partial charge in [0.05, 0.1) is 18.7 Å². The molecule has 0 radical (unpaired) electrons. The SMILES string of the molecule is Cc1ccc(C(=O)N2CCc3c(sc4c3C(=O)N(C)CC(=O)N4CCO)C2)cc1F. The monoisotopic (exact) mass is 431 g/mol. The Morgan fingerprint density at radius 2 is 2.03 bits per heavy atom. The maximum atomic E-state index is 13.9. The van der Waals surface area contributed by atoms with E-state index < -0.39 is 5.82 Å². The van der Waals surface area contributed by atoms with Gasteiger partial charge < -0.3 is 14.9 Å². The molecule has 3 heterocycles. The largest absolute Gasteiger partial charge is 0.395 e. The highest BCUT2D eigenvalue weighted by molar-refractivity contribution is 7.17. The van der Waals surface area contributed by atoms with Gasteiger partial charge in [-0.15, -0.1) is 11.3 Å². The summed E-state index contributed by atoms with van der Waals surface area (Å²) in [6.07, 6.45) is 0.474. The third kappa shape index (κ3) is 3.37. The van der Waals surface area contributed by atoms with Crippen molar-refractivity contribution >= 4 is 34.1 Å². The minimum Gasteiger partial charge on any atom is -0.395 e. The van der Waals surface area contributed by atoms with Gasteiger partial charge in [-0.1, -0.05) is 6.07 Å². The fourth-order valence-corrected chi connectivity index (χ4v) is 5.27. The molecule has 0 saturated heterocycles. The number of aliphatic hydroxyl groups is 1. The van der Waals surface area contributed by atoms with E-state index in [1.54, 1.807) is 31.0 Å². The molecule has 0 bridgehead atoms. The summed E-state index contributed by atoms with van der Waals surface area (Å²) in [7, 11) is 1.58. The minimum absolute atomic E-state index is 0.0430. The number of nitrogens with zero attached hydrogens (tertiary/aromatic N) is 3. The molecule has 2 aliphatic heterocycles. The molecule has 158 valence electrons. The van der Waals surface area contributed by atoms with Gasteiger partial charge in [0, 0.05) is 30.6 Å². The lowest BCUT2D eigenvalue weighted by molar-refractivity contribution is -0.119. The summed E-state index contributed by atoms with van der Waals surface area (Å²) < 4.78 is 13.9. The maximum absolute atomic E-state index is 13.9. The van der Waals surface area contributed by atoms with Crippen LogP contribution in [0, 0.1) is 12.7 Å². The van der Waals surface area contributed by atoms with E-state index >= 15 is 0 Å². The molecular formula is C21H22FN3O4S. The minimum atomic E-state index is -0.423. The van der Waals surface area contributed by atoms with E-state index in [9.17, 15) is 23.9 Å². The number of carbonyl (C=O) groups excluding carboxylic acids is 3. The fourth-order valence-electron chi connectivity index (χ4n) is 3.87. The third-order valence-corrected chi connectivity index (χ3v) is 6.79. The molecule has 0 atom stereocenters. The van der Waals surface area contributed by atoms with Crippen molar-refractivity contribution in [1.29, 1.82) is 0 Å². The number of amides is 3. The van der Waals surface area contributed by atoms with Crippen molar-refractivity contribution in [3.05, 3.63) is 51.1 Å². The van der Waals surface area contributed by atoms with Gasteiger partial charge >= 0.3 is 0 Å². The Labute approximate surface area is 177 Å². The molecule has 9 heteroatoms. The molecule has 0 aliphatic carbocycles. The van der Waals surface area contributed by atoms with Gasteiger partial charge in [-0.25, -0.2) is 4.39 Å². The van der Waals surface area contributed by atoms with Crippen LogP contribution in [0.1, 0.15) is 36.7 Å². The van der Waals surface area contributed by atoms with Crippen LogP contribution in [0.4, 0.5) is 9.39 Å². The van der Waals surface area contributed by atoms with Crippen molar-refractivity contribution in [2.75, 3.05) is 38.2 Å². The Morgan fingerprint density at radius 3 is 2.73 bits per heavy atom. The number of carbonyl (C=O) groups is 3. The smallest absolute Gasteiger partial charge is 0.257 e. The molecular weight excluding hydrogens is 409 g/mol. The normalized spacial score (nSPS) is 16.5. The Bertz CT molecular complexity index is 1050. The standard InChI is InChI=1S/C21H22FN3O4S/c1-12-3-4-13(9-15(12)22)19(28)24-6-5-14-16(10-24)30-21-18(14)20(29)23(2)11-17(27)25(21)7-8-26/h3-4,9,26H,5-8,10-11H2,1-2H3. The van der Waals surface area contributed by atoms with Gasteiger partial charge in [0.15, 0.2) is 0 Å². The first-order chi connectivity index (χ1) is 14.3. The first kappa shape index (κ1) is 20.5.